The van der Waals surface area contributed by atoms with Crippen LogP contribution in [0.25, 0.3) is 0 Å². The highest BCUT2D eigenvalue weighted by molar-refractivity contribution is 5.02. The Morgan fingerprint density at radius 3 is 2.50 bits per heavy atom. The highest BCUT2D eigenvalue weighted by Crippen LogP contribution is 2.51. The van der Waals surface area contributed by atoms with E-state index in [1.165, 1.54) is 19.3 Å². The molecule has 1 saturated carbocycles. The lowest BCUT2D eigenvalue weighted by Crippen LogP contribution is -2.17. The second-order valence-corrected chi connectivity index (χ2v) is 3.20. The molecule has 1 aliphatic heterocycles. The van der Waals surface area contributed by atoms with E-state index in [-0.39, 0.29) is 0 Å². The minimum absolute atomic E-state index is 0.345. The van der Waals surface area contributed by atoms with E-state index in [9.17, 15) is 0 Å². The Morgan fingerprint density at radius 1 is 1.40 bits per heavy atom. The van der Waals surface area contributed by atoms with E-state index < -0.39 is 0 Å². The molecule has 1 heterocycles. The molecule has 0 N–H and O–H groups in total. The second kappa shape index (κ2) is 2.91. The first-order valence-corrected chi connectivity index (χ1v) is 4.45. The molecule has 1 heteroatoms. The lowest BCUT2D eigenvalue weighted by molar-refractivity contribution is 0.00832. The summed E-state index contributed by atoms with van der Waals surface area (Å²) in [5, 5.41) is 0. The van der Waals surface area contributed by atoms with E-state index in [2.05, 4.69) is 6.92 Å². The molecule has 1 unspecified atom stereocenters. The van der Waals surface area contributed by atoms with Crippen LogP contribution >= 0.6 is 0 Å². The highest BCUT2D eigenvalue weighted by Gasteiger charge is 2.52. The predicted octanol–water partition coefficient (Wildman–Crippen LogP) is 2.60. The summed E-state index contributed by atoms with van der Waals surface area (Å²) in [6.07, 6.45) is 4.03. The largest absolute Gasteiger partial charge is 0.375 e. The molecule has 0 amide bonds. The average molecular weight is 142 g/mol. The number of hydrogen-bond acceptors (Lipinski definition) is 1. The molecule has 60 valence electrons. The van der Waals surface area contributed by atoms with Gasteiger partial charge >= 0.3 is 0 Å². The minimum Gasteiger partial charge on any atom is -0.375 e. The fraction of sp³-hybridized carbons (Fsp3) is 1.00. The van der Waals surface area contributed by atoms with Gasteiger partial charge in [0.2, 0.25) is 0 Å². The molecule has 0 aromatic heterocycles. The zero-order valence-corrected chi connectivity index (χ0v) is 7.31. The Bertz CT molecular complexity index is 109. The van der Waals surface area contributed by atoms with Crippen LogP contribution in [0, 0.1) is 5.92 Å². The van der Waals surface area contributed by atoms with E-state index in [1.807, 2.05) is 13.8 Å². The van der Waals surface area contributed by atoms with Gasteiger partial charge in [0, 0.05) is 6.61 Å². The lowest BCUT2D eigenvalue weighted by Gasteiger charge is -2.17. The van der Waals surface area contributed by atoms with Gasteiger partial charge in [0.1, 0.15) is 0 Å². The maximum atomic E-state index is 5.54. The molecule has 2 atom stereocenters. The Balaban J connectivity index is 0.000000231. The third-order valence-corrected chi connectivity index (χ3v) is 2.48. The third-order valence-electron chi connectivity index (χ3n) is 2.48. The van der Waals surface area contributed by atoms with Crippen LogP contribution in [0.2, 0.25) is 0 Å². The van der Waals surface area contributed by atoms with E-state index >= 15 is 0 Å². The Hall–Kier alpha value is -0.0400. The van der Waals surface area contributed by atoms with Crippen LogP contribution in [-0.2, 0) is 4.74 Å². The first-order valence-electron chi connectivity index (χ1n) is 4.45. The zero-order chi connectivity index (χ0) is 7.61. The maximum Gasteiger partial charge on any atom is 0.0687 e. The van der Waals surface area contributed by atoms with Gasteiger partial charge in [-0.3, -0.25) is 0 Å². The van der Waals surface area contributed by atoms with Crippen LogP contribution in [0.5, 0.6) is 0 Å². The van der Waals surface area contributed by atoms with Crippen molar-refractivity contribution in [3.05, 3.63) is 0 Å². The quantitative estimate of drug-likeness (QED) is 0.505. The van der Waals surface area contributed by atoms with Crippen molar-refractivity contribution in [3.63, 3.8) is 0 Å². The Morgan fingerprint density at radius 2 is 2.10 bits per heavy atom. The molecule has 0 spiro atoms. The number of hydrogen-bond donors (Lipinski definition) is 0. The van der Waals surface area contributed by atoms with Crippen molar-refractivity contribution in [3.8, 4) is 0 Å². The summed E-state index contributed by atoms with van der Waals surface area (Å²) in [6, 6.07) is 0. The number of fused-ring (bicyclic) bond motifs is 1. The molecule has 0 radical (unpaired) electrons. The molecule has 0 aromatic carbocycles. The monoisotopic (exact) mass is 142 g/mol. The van der Waals surface area contributed by atoms with Crippen LogP contribution in [0.1, 0.15) is 40.0 Å². The van der Waals surface area contributed by atoms with Crippen molar-refractivity contribution >= 4 is 0 Å². The summed E-state index contributed by atoms with van der Waals surface area (Å²) in [5.41, 5.74) is 0.345. The number of rotatable bonds is 0. The van der Waals surface area contributed by atoms with Gasteiger partial charge in [-0.1, -0.05) is 13.8 Å². The van der Waals surface area contributed by atoms with Crippen molar-refractivity contribution in [2.75, 3.05) is 6.61 Å². The van der Waals surface area contributed by atoms with Crippen LogP contribution in [0.3, 0.4) is 0 Å². The predicted molar refractivity (Wildman–Crippen MR) is 43.0 cm³/mol. The van der Waals surface area contributed by atoms with Crippen molar-refractivity contribution in [2.45, 2.75) is 45.6 Å². The molecule has 1 nitrogen and oxygen atoms in total. The molecular weight excluding hydrogens is 124 g/mol. The Labute approximate surface area is 63.8 Å². The first-order chi connectivity index (χ1) is 4.81. The first kappa shape index (κ1) is 8.06. The van der Waals surface area contributed by atoms with Gasteiger partial charge < -0.3 is 4.74 Å². The summed E-state index contributed by atoms with van der Waals surface area (Å²) in [7, 11) is 0. The van der Waals surface area contributed by atoms with Gasteiger partial charge in [0.15, 0.2) is 0 Å². The van der Waals surface area contributed by atoms with Gasteiger partial charge in [-0.2, -0.15) is 0 Å². The van der Waals surface area contributed by atoms with Gasteiger partial charge in [-0.05, 0) is 32.1 Å². The van der Waals surface area contributed by atoms with E-state index in [1.54, 1.807) is 0 Å². The second-order valence-electron chi connectivity index (χ2n) is 3.20. The summed E-state index contributed by atoms with van der Waals surface area (Å²) >= 11 is 0. The molecule has 1 saturated heterocycles. The topological polar surface area (TPSA) is 9.23 Å². The zero-order valence-electron chi connectivity index (χ0n) is 7.31. The molecule has 1 aliphatic carbocycles. The Kier molecular flexibility index (Phi) is 2.35. The molecule has 2 rings (SSSR count). The standard InChI is InChI=1S/C7H12O.C2H6/c1-7-5-6(7)3-2-4-8-7;1-2/h6H,2-5H2,1H3;1-2H3/t6-,7?;/m0./s1. The lowest BCUT2D eigenvalue weighted by atomic mass is 10.1. The van der Waals surface area contributed by atoms with E-state index in [0.29, 0.717) is 5.60 Å². The highest BCUT2D eigenvalue weighted by atomic mass is 16.5. The molecular formula is C9H18O. The molecule has 10 heavy (non-hydrogen) atoms. The van der Waals surface area contributed by atoms with Crippen molar-refractivity contribution in [1.29, 1.82) is 0 Å². The SMILES string of the molecule is CC.CC12C[C@@H]1CCCO2. The number of ether oxygens (including phenoxy) is 1. The fourth-order valence-electron chi connectivity index (χ4n) is 1.65. The van der Waals surface area contributed by atoms with Crippen LogP contribution in [0.4, 0.5) is 0 Å². The summed E-state index contributed by atoms with van der Waals surface area (Å²) in [4.78, 5) is 0. The fourth-order valence-corrected chi connectivity index (χ4v) is 1.65. The van der Waals surface area contributed by atoms with Crippen LogP contribution < -0.4 is 0 Å². The van der Waals surface area contributed by atoms with Crippen molar-refractivity contribution in [2.24, 2.45) is 5.92 Å². The molecule has 2 aliphatic rings. The molecule has 0 aromatic rings. The average Bonchev–Trinajstić information content (AvgIpc) is 2.64. The minimum atomic E-state index is 0.345. The van der Waals surface area contributed by atoms with Crippen molar-refractivity contribution < 1.29 is 4.74 Å². The van der Waals surface area contributed by atoms with Crippen LogP contribution in [0.15, 0.2) is 0 Å². The summed E-state index contributed by atoms with van der Waals surface area (Å²) in [5.74, 6) is 0.927. The van der Waals surface area contributed by atoms with Crippen molar-refractivity contribution in [1.82, 2.24) is 0 Å². The van der Waals surface area contributed by atoms with Gasteiger partial charge in [0.25, 0.3) is 0 Å². The summed E-state index contributed by atoms with van der Waals surface area (Å²) < 4.78 is 5.54. The van der Waals surface area contributed by atoms with Crippen LogP contribution in [-0.4, -0.2) is 12.2 Å². The van der Waals surface area contributed by atoms with E-state index in [0.717, 1.165) is 12.5 Å². The van der Waals surface area contributed by atoms with E-state index in [4.69, 9.17) is 4.74 Å². The maximum absolute atomic E-state index is 5.54. The van der Waals surface area contributed by atoms with Gasteiger partial charge in [-0.15, -0.1) is 0 Å². The molecule has 0 bridgehead atoms. The van der Waals surface area contributed by atoms with Gasteiger partial charge in [0.05, 0.1) is 5.60 Å². The van der Waals surface area contributed by atoms with Gasteiger partial charge in [-0.25, -0.2) is 0 Å². The summed E-state index contributed by atoms with van der Waals surface area (Å²) in [6.45, 7) is 7.24. The third kappa shape index (κ3) is 1.34. The normalized spacial score (nSPS) is 42.9. The molecule has 2 fully saturated rings. The smallest absolute Gasteiger partial charge is 0.0687 e.